The molecule has 0 saturated heterocycles. The first-order valence-electron chi connectivity index (χ1n) is 6.28. The molecule has 0 saturated carbocycles. The number of anilines is 2. The molecule has 0 aliphatic carbocycles. The molecule has 0 fully saturated rings. The molecular formula is C17H15IN2. The van der Waals surface area contributed by atoms with Crippen LogP contribution < -0.4 is 4.90 Å². The van der Waals surface area contributed by atoms with Crippen LogP contribution in [0, 0.1) is 14.9 Å². The van der Waals surface area contributed by atoms with Gasteiger partial charge in [0.1, 0.15) is 0 Å². The summed E-state index contributed by atoms with van der Waals surface area (Å²) in [6, 6.07) is 18.7. The Kier molecular flexibility index (Phi) is 4.80. The summed E-state index contributed by atoms with van der Waals surface area (Å²) in [5, 5.41) is 8.78. The highest BCUT2D eigenvalue weighted by Gasteiger charge is 2.03. The average molecular weight is 374 g/mol. The molecule has 0 radical (unpaired) electrons. The quantitative estimate of drug-likeness (QED) is 0.559. The normalized spacial score (nSPS) is 11.0. The number of allylic oxidation sites excluding steroid dienone is 1. The van der Waals surface area contributed by atoms with Crippen LogP contribution in [-0.2, 0) is 0 Å². The van der Waals surface area contributed by atoms with Crippen LogP contribution in [0.25, 0.3) is 6.08 Å². The molecule has 0 aliphatic rings. The minimum atomic E-state index is 0.712. The van der Waals surface area contributed by atoms with E-state index >= 15 is 0 Å². The van der Waals surface area contributed by atoms with Crippen molar-refractivity contribution in [3.63, 3.8) is 0 Å². The molecule has 0 aromatic heterocycles. The van der Waals surface area contributed by atoms with E-state index in [1.54, 1.807) is 0 Å². The molecule has 0 atom stereocenters. The summed E-state index contributed by atoms with van der Waals surface area (Å²) in [5.41, 5.74) is 4.03. The van der Waals surface area contributed by atoms with Crippen molar-refractivity contribution < 1.29 is 0 Å². The van der Waals surface area contributed by atoms with E-state index in [1.165, 1.54) is 3.57 Å². The van der Waals surface area contributed by atoms with Gasteiger partial charge in [0.05, 0.1) is 6.07 Å². The van der Waals surface area contributed by atoms with Crippen molar-refractivity contribution in [3.8, 4) is 6.07 Å². The fraction of sp³-hybridized carbons (Fsp3) is 0.118. The lowest BCUT2D eigenvalue weighted by molar-refractivity contribution is 1.21. The minimum absolute atomic E-state index is 0.712. The molecule has 20 heavy (non-hydrogen) atoms. The maximum atomic E-state index is 8.78. The second kappa shape index (κ2) is 6.58. The molecular weight excluding hydrogens is 359 g/mol. The Morgan fingerprint density at radius 2 is 1.55 bits per heavy atom. The van der Waals surface area contributed by atoms with Crippen LogP contribution in [0.3, 0.4) is 0 Å². The Morgan fingerprint density at radius 3 is 2.05 bits per heavy atom. The number of rotatable bonds is 3. The van der Waals surface area contributed by atoms with E-state index in [9.17, 15) is 0 Å². The molecule has 100 valence electrons. The van der Waals surface area contributed by atoms with Gasteiger partial charge in [-0.2, -0.15) is 5.26 Å². The Labute approximate surface area is 133 Å². The SMILES string of the molecule is CC(C#N)=Cc1ccc(N(C)c2ccc(I)cc2)cc1. The third kappa shape index (κ3) is 3.61. The summed E-state index contributed by atoms with van der Waals surface area (Å²) in [7, 11) is 2.05. The summed E-state index contributed by atoms with van der Waals surface area (Å²) in [6.45, 7) is 1.81. The van der Waals surface area contributed by atoms with Gasteiger partial charge < -0.3 is 4.90 Å². The first kappa shape index (κ1) is 14.6. The third-order valence-electron chi connectivity index (χ3n) is 3.05. The second-order valence-corrected chi connectivity index (χ2v) is 5.81. The van der Waals surface area contributed by atoms with Crippen molar-refractivity contribution in [2.45, 2.75) is 6.92 Å². The van der Waals surface area contributed by atoms with Gasteiger partial charge in [-0.15, -0.1) is 0 Å². The molecule has 2 aromatic carbocycles. The highest BCUT2D eigenvalue weighted by molar-refractivity contribution is 14.1. The lowest BCUT2D eigenvalue weighted by atomic mass is 10.1. The summed E-state index contributed by atoms with van der Waals surface area (Å²) < 4.78 is 1.23. The van der Waals surface area contributed by atoms with E-state index in [1.807, 2.05) is 32.2 Å². The van der Waals surface area contributed by atoms with Gasteiger partial charge in [-0.1, -0.05) is 12.1 Å². The molecule has 0 unspecified atom stereocenters. The Morgan fingerprint density at radius 1 is 1.05 bits per heavy atom. The molecule has 0 bridgehead atoms. The maximum Gasteiger partial charge on any atom is 0.0944 e. The van der Waals surface area contributed by atoms with Crippen LogP contribution in [0.15, 0.2) is 54.1 Å². The molecule has 0 spiro atoms. The number of halogens is 1. The zero-order valence-electron chi connectivity index (χ0n) is 11.5. The van der Waals surface area contributed by atoms with Gasteiger partial charge in [0.15, 0.2) is 0 Å². The van der Waals surface area contributed by atoms with Crippen LogP contribution in [-0.4, -0.2) is 7.05 Å². The van der Waals surface area contributed by atoms with Gasteiger partial charge in [-0.05, 0) is 77.6 Å². The molecule has 3 heteroatoms. The Hall–Kier alpha value is -1.80. The zero-order chi connectivity index (χ0) is 14.5. The van der Waals surface area contributed by atoms with E-state index in [0.717, 1.165) is 16.9 Å². The van der Waals surface area contributed by atoms with Crippen molar-refractivity contribution in [2.75, 3.05) is 11.9 Å². The topological polar surface area (TPSA) is 27.0 Å². The fourth-order valence-corrected chi connectivity index (χ4v) is 2.25. The predicted octanol–water partition coefficient (Wildman–Crippen LogP) is 4.99. The maximum absolute atomic E-state index is 8.78. The standard InChI is InChI=1S/C17H15IN2/c1-13(12-19)11-14-3-7-16(8-4-14)20(2)17-9-5-15(18)6-10-17/h3-11H,1-2H3. The largest absolute Gasteiger partial charge is 0.345 e. The fourth-order valence-electron chi connectivity index (χ4n) is 1.89. The molecule has 2 aromatic rings. The number of hydrogen-bond donors (Lipinski definition) is 0. The summed E-state index contributed by atoms with van der Waals surface area (Å²) in [6.07, 6.45) is 1.88. The number of benzene rings is 2. The first-order valence-corrected chi connectivity index (χ1v) is 7.36. The predicted molar refractivity (Wildman–Crippen MR) is 92.9 cm³/mol. The lowest BCUT2D eigenvalue weighted by Gasteiger charge is -2.19. The molecule has 0 aliphatic heterocycles. The summed E-state index contributed by atoms with van der Waals surface area (Å²) in [4.78, 5) is 2.14. The van der Waals surface area contributed by atoms with E-state index < -0.39 is 0 Å². The average Bonchev–Trinajstić information content (AvgIpc) is 2.48. The smallest absolute Gasteiger partial charge is 0.0944 e. The molecule has 0 amide bonds. The minimum Gasteiger partial charge on any atom is -0.345 e. The van der Waals surface area contributed by atoms with Gasteiger partial charge in [0.25, 0.3) is 0 Å². The van der Waals surface area contributed by atoms with Gasteiger partial charge in [0.2, 0.25) is 0 Å². The van der Waals surface area contributed by atoms with E-state index in [0.29, 0.717) is 5.57 Å². The monoisotopic (exact) mass is 374 g/mol. The van der Waals surface area contributed by atoms with Crippen LogP contribution >= 0.6 is 22.6 Å². The Balaban J connectivity index is 2.22. The van der Waals surface area contributed by atoms with E-state index in [-0.39, 0.29) is 0 Å². The van der Waals surface area contributed by atoms with Gasteiger partial charge >= 0.3 is 0 Å². The number of hydrogen-bond acceptors (Lipinski definition) is 2. The van der Waals surface area contributed by atoms with Crippen LogP contribution in [0.1, 0.15) is 12.5 Å². The first-order chi connectivity index (χ1) is 9.60. The Bertz CT molecular complexity index is 649. The number of nitrogens with zero attached hydrogens (tertiary/aromatic N) is 2. The second-order valence-electron chi connectivity index (χ2n) is 4.57. The van der Waals surface area contributed by atoms with Gasteiger partial charge in [0, 0.05) is 27.6 Å². The van der Waals surface area contributed by atoms with Crippen molar-refractivity contribution in [3.05, 3.63) is 63.2 Å². The highest BCUT2D eigenvalue weighted by Crippen LogP contribution is 2.24. The van der Waals surface area contributed by atoms with Crippen molar-refractivity contribution >= 4 is 40.0 Å². The highest BCUT2D eigenvalue weighted by atomic mass is 127. The van der Waals surface area contributed by atoms with Gasteiger partial charge in [-0.25, -0.2) is 0 Å². The van der Waals surface area contributed by atoms with Crippen LogP contribution in [0.2, 0.25) is 0 Å². The van der Waals surface area contributed by atoms with E-state index in [2.05, 4.69) is 70.0 Å². The molecule has 0 heterocycles. The van der Waals surface area contributed by atoms with Crippen LogP contribution in [0.4, 0.5) is 11.4 Å². The van der Waals surface area contributed by atoms with E-state index in [4.69, 9.17) is 5.26 Å². The molecule has 2 rings (SSSR count). The lowest BCUT2D eigenvalue weighted by Crippen LogP contribution is -2.08. The number of nitriles is 1. The summed E-state index contributed by atoms with van der Waals surface area (Å²) in [5.74, 6) is 0. The van der Waals surface area contributed by atoms with Crippen molar-refractivity contribution in [1.82, 2.24) is 0 Å². The third-order valence-corrected chi connectivity index (χ3v) is 3.77. The van der Waals surface area contributed by atoms with Crippen LogP contribution in [0.5, 0.6) is 0 Å². The molecule has 0 N–H and O–H groups in total. The van der Waals surface area contributed by atoms with Crippen molar-refractivity contribution in [1.29, 1.82) is 5.26 Å². The molecule has 2 nitrogen and oxygen atoms in total. The zero-order valence-corrected chi connectivity index (χ0v) is 13.6. The van der Waals surface area contributed by atoms with Crippen molar-refractivity contribution in [2.24, 2.45) is 0 Å². The van der Waals surface area contributed by atoms with Gasteiger partial charge in [-0.3, -0.25) is 0 Å². The summed E-state index contributed by atoms with van der Waals surface area (Å²) >= 11 is 2.30.